The summed E-state index contributed by atoms with van der Waals surface area (Å²) in [6.07, 6.45) is 5.24. The van der Waals surface area contributed by atoms with Crippen LogP contribution in [-0.2, 0) is 26.2 Å². The van der Waals surface area contributed by atoms with Crippen LogP contribution in [0.15, 0.2) is 65.6 Å². The molecule has 0 aromatic heterocycles. The monoisotopic (exact) mass is 693 g/mol. The van der Waals surface area contributed by atoms with Gasteiger partial charge in [-0.2, -0.15) is 0 Å². The molecular formula is C33H38Cl3N3O5S. The third-order valence-electron chi connectivity index (χ3n) is 8.00. The number of nitrogens with zero attached hydrogens (tertiary/aromatic N) is 2. The predicted molar refractivity (Wildman–Crippen MR) is 180 cm³/mol. The van der Waals surface area contributed by atoms with Crippen molar-refractivity contribution in [3.8, 4) is 5.75 Å². The number of sulfonamides is 1. The standard InChI is InChI=1S/C33H38Cl3N3O5S/c1-4-30(33(41)37-25-8-6-5-7-9-25)38(20-23-12-13-24(34)18-28(23)35)32(40)21-39(26-14-17-31(44-3)29(36)19-26)45(42,43)27-15-10-22(2)11-16-27/h10-19,25,30H,4-9,20-21H2,1-3H3,(H,37,41)/t30-/m0/s1. The summed E-state index contributed by atoms with van der Waals surface area (Å²) in [6, 6.07) is 14.9. The molecule has 242 valence electrons. The predicted octanol–water partition coefficient (Wildman–Crippen LogP) is 7.42. The Hall–Kier alpha value is -2.98. The van der Waals surface area contributed by atoms with E-state index in [0.29, 0.717) is 27.8 Å². The van der Waals surface area contributed by atoms with Crippen molar-refractivity contribution in [2.24, 2.45) is 0 Å². The van der Waals surface area contributed by atoms with Gasteiger partial charge in [0.2, 0.25) is 11.8 Å². The van der Waals surface area contributed by atoms with E-state index in [0.717, 1.165) is 42.0 Å². The van der Waals surface area contributed by atoms with Crippen LogP contribution in [0.3, 0.4) is 0 Å². The Bertz CT molecular complexity index is 1610. The molecule has 45 heavy (non-hydrogen) atoms. The summed E-state index contributed by atoms with van der Waals surface area (Å²) >= 11 is 19.1. The van der Waals surface area contributed by atoms with Crippen LogP contribution >= 0.6 is 34.8 Å². The van der Waals surface area contributed by atoms with Crippen LogP contribution in [0.1, 0.15) is 56.6 Å². The van der Waals surface area contributed by atoms with Gasteiger partial charge in [0.05, 0.1) is 22.7 Å². The van der Waals surface area contributed by atoms with E-state index in [1.807, 2.05) is 13.8 Å². The lowest BCUT2D eigenvalue weighted by Gasteiger charge is -2.34. The Kier molecular flexibility index (Phi) is 12.0. The highest BCUT2D eigenvalue weighted by Gasteiger charge is 2.35. The highest BCUT2D eigenvalue weighted by molar-refractivity contribution is 7.92. The molecule has 1 atom stereocenters. The fourth-order valence-electron chi connectivity index (χ4n) is 5.47. The molecule has 0 saturated heterocycles. The zero-order chi connectivity index (χ0) is 32.7. The number of methoxy groups -OCH3 is 1. The average Bonchev–Trinajstić information content (AvgIpc) is 3.01. The third kappa shape index (κ3) is 8.64. The van der Waals surface area contributed by atoms with Crippen molar-refractivity contribution in [1.29, 1.82) is 0 Å². The van der Waals surface area contributed by atoms with Crippen LogP contribution in [0.25, 0.3) is 0 Å². The Balaban J connectivity index is 1.75. The van der Waals surface area contributed by atoms with E-state index >= 15 is 0 Å². The number of carbonyl (C=O) groups is 2. The topological polar surface area (TPSA) is 96.0 Å². The number of aryl methyl sites for hydroxylation is 1. The van der Waals surface area contributed by atoms with Crippen molar-refractivity contribution in [2.45, 2.75) is 75.9 Å². The number of benzene rings is 3. The molecule has 0 aliphatic heterocycles. The normalized spacial score (nSPS) is 14.4. The first-order chi connectivity index (χ1) is 21.4. The fraction of sp³-hybridized carbons (Fsp3) is 0.394. The molecule has 3 aromatic rings. The second kappa shape index (κ2) is 15.5. The molecule has 2 amide bonds. The molecule has 0 radical (unpaired) electrons. The van der Waals surface area contributed by atoms with Gasteiger partial charge in [-0.3, -0.25) is 13.9 Å². The van der Waals surface area contributed by atoms with Gasteiger partial charge in [0.1, 0.15) is 18.3 Å². The van der Waals surface area contributed by atoms with Gasteiger partial charge in [-0.05, 0) is 74.2 Å². The minimum atomic E-state index is -4.26. The Morgan fingerprint density at radius 2 is 1.64 bits per heavy atom. The van der Waals surface area contributed by atoms with Crippen LogP contribution in [-0.4, -0.2) is 50.9 Å². The molecule has 0 bridgehead atoms. The fourth-order valence-corrected chi connectivity index (χ4v) is 7.60. The van der Waals surface area contributed by atoms with E-state index in [4.69, 9.17) is 39.5 Å². The lowest BCUT2D eigenvalue weighted by atomic mass is 9.95. The molecule has 0 spiro atoms. The Labute approximate surface area is 280 Å². The molecule has 1 saturated carbocycles. The van der Waals surface area contributed by atoms with E-state index in [-0.39, 0.29) is 34.1 Å². The number of ether oxygens (including phenoxy) is 1. The van der Waals surface area contributed by atoms with E-state index < -0.39 is 28.5 Å². The minimum Gasteiger partial charge on any atom is -0.495 e. The maximum Gasteiger partial charge on any atom is 0.264 e. The summed E-state index contributed by atoms with van der Waals surface area (Å²) in [6.45, 7) is 3.04. The van der Waals surface area contributed by atoms with Gasteiger partial charge in [-0.25, -0.2) is 8.42 Å². The van der Waals surface area contributed by atoms with Gasteiger partial charge in [-0.1, -0.05) is 84.8 Å². The number of nitrogens with one attached hydrogen (secondary N) is 1. The first kappa shape index (κ1) is 34.9. The quantitative estimate of drug-likeness (QED) is 0.213. The number of carbonyl (C=O) groups excluding carboxylic acids is 2. The van der Waals surface area contributed by atoms with Gasteiger partial charge in [0.15, 0.2) is 0 Å². The molecule has 1 N–H and O–H groups in total. The SMILES string of the molecule is CC[C@@H](C(=O)NC1CCCCC1)N(Cc1ccc(Cl)cc1Cl)C(=O)CN(c1ccc(OC)c(Cl)c1)S(=O)(=O)c1ccc(C)cc1. The van der Waals surface area contributed by atoms with Crippen LogP contribution in [0.5, 0.6) is 5.75 Å². The molecular weight excluding hydrogens is 657 g/mol. The highest BCUT2D eigenvalue weighted by atomic mass is 35.5. The lowest BCUT2D eigenvalue weighted by Crippen LogP contribution is -2.54. The van der Waals surface area contributed by atoms with Gasteiger partial charge in [-0.15, -0.1) is 0 Å². The second-order valence-electron chi connectivity index (χ2n) is 11.2. The van der Waals surface area contributed by atoms with Crippen LogP contribution in [0.4, 0.5) is 5.69 Å². The number of anilines is 1. The van der Waals surface area contributed by atoms with Crippen LogP contribution in [0.2, 0.25) is 15.1 Å². The van der Waals surface area contributed by atoms with Crippen molar-refractivity contribution in [1.82, 2.24) is 10.2 Å². The molecule has 3 aromatic carbocycles. The summed E-state index contributed by atoms with van der Waals surface area (Å²) < 4.78 is 34.5. The van der Waals surface area contributed by atoms with Crippen molar-refractivity contribution in [3.05, 3.63) is 86.9 Å². The van der Waals surface area contributed by atoms with Gasteiger partial charge in [0, 0.05) is 22.6 Å². The summed E-state index contributed by atoms with van der Waals surface area (Å²) in [7, 11) is -2.80. The molecule has 8 nitrogen and oxygen atoms in total. The van der Waals surface area contributed by atoms with Crippen molar-refractivity contribution >= 4 is 62.3 Å². The smallest absolute Gasteiger partial charge is 0.264 e. The highest BCUT2D eigenvalue weighted by Crippen LogP contribution is 2.33. The Morgan fingerprint density at radius 3 is 2.24 bits per heavy atom. The molecule has 1 fully saturated rings. The number of amides is 2. The summed E-state index contributed by atoms with van der Waals surface area (Å²) in [5, 5.41) is 4.06. The maximum absolute atomic E-state index is 14.4. The number of rotatable bonds is 12. The third-order valence-corrected chi connectivity index (χ3v) is 10.7. The molecule has 0 heterocycles. The molecule has 1 aliphatic rings. The van der Waals surface area contributed by atoms with Gasteiger partial charge < -0.3 is 15.0 Å². The van der Waals surface area contributed by atoms with Crippen molar-refractivity contribution < 1.29 is 22.7 Å². The second-order valence-corrected chi connectivity index (χ2v) is 14.3. The largest absolute Gasteiger partial charge is 0.495 e. The first-order valence-electron chi connectivity index (χ1n) is 14.9. The molecule has 0 unspecified atom stereocenters. The lowest BCUT2D eigenvalue weighted by molar-refractivity contribution is -0.140. The average molecular weight is 695 g/mol. The number of hydrogen-bond donors (Lipinski definition) is 1. The zero-order valence-corrected chi connectivity index (χ0v) is 28.6. The summed E-state index contributed by atoms with van der Waals surface area (Å²) in [4.78, 5) is 29.5. The van der Waals surface area contributed by atoms with Crippen LogP contribution in [0, 0.1) is 6.92 Å². The number of halogens is 3. The first-order valence-corrected chi connectivity index (χ1v) is 17.5. The molecule has 12 heteroatoms. The molecule has 1 aliphatic carbocycles. The summed E-state index contributed by atoms with van der Waals surface area (Å²) in [5.74, 6) is -0.526. The maximum atomic E-state index is 14.4. The Morgan fingerprint density at radius 1 is 0.956 bits per heavy atom. The number of hydrogen-bond acceptors (Lipinski definition) is 5. The summed E-state index contributed by atoms with van der Waals surface area (Å²) in [5.41, 5.74) is 1.61. The van der Waals surface area contributed by atoms with Crippen molar-refractivity contribution in [3.63, 3.8) is 0 Å². The van der Waals surface area contributed by atoms with Crippen molar-refractivity contribution in [2.75, 3.05) is 18.0 Å². The van der Waals surface area contributed by atoms with Gasteiger partial charge in [0.25, 0.3) is 10.0 Å². The van der Waals surface area contributed by atoms with E-state index in [1.54, 1.807) is 30.3 Å². The minimum absolute atomic E-state index is 0.00205. The molecule has 4 rings (SSSR count). The van der Waals surface area contributed by atoms with E-state index in [2.05, 4.69) is 5.32 Å². The van der Waals surface area contributed by atoms with E-state index in [1.165, 1.54) is 42.3 Å². The van der Waals surface area contributed by atoms with E-state index in [9.17, 15) is 18.0 Å². The van der Waals surface area contributed by atoms with Gasteiger partial charge >= 0.3 is 0 Å². The zero-order valence-electron chi connectivity index (χ0n) is 25.6. The van der Waals surface area contributed by atoms with Crippen LogP contribution < -0.4 is 14.4 Å².